The Hall–Kier alpha value is -3.41. The van der Waals surface area contributed by atoms with Crippen molar-refractivity contribution in [2.75, 3.05) is 6.16 Å². The first kappa shape index (κ1) is 26.7. The highest BCUT2D eigenvalue weighted by molar-refractivity contribution is 7.96. The van der Waals surface area contributed by atoms with Gasteiger partial charge in [-0.15, -0.1) is 0 Å². The van der Waals surface area contributed by atoms with Gasteiger partial charge in [0.1, 0.15) is 30.5 Å². The maximum absolute atomic E-state index is 14.4. The lowest BCUT2D eigenvalue weighted by Crippen LogP contribution is -2.50. The average Bonchev–Trinajstić information content (AvgIpc) is 2.93. The first-order valence-corrected chi connectivity index (χ1v) is 14.0. The molecule has 0 aromatic heterocycles. The van der Waals surface area contributed by atoms with Crippen molar-refractivity contribution in [3.63, 3.8) is 0 Å². The van der Waals surface area contributed by atoms with E-state index in [1.807, 2.05) is 91.0 Å². The summed E-state index contributed by atoms with van der Waals surface area (Å²) in [7, 11) is -2.85. The molecule has 0 saturated carbocycles. The Bertz CT molecular complexity index is 1270. The number of halogens is 3. The van der Waals surface area contributed by atoms with Crippen molar-refractivity contribution >= 4 is 41.6 Å². The van der Waals surface area contributed by atoms with Crippen molar-refractivity contribution in [2.24, 2.45) is 5.73 Å². The topological polar surface area (TPSA) is 52.3 Å². The monoisotopic (exact) mass is 521 g/mol. The molecule has 37 heavy (non-hydrogen) atoms. The third kappa shape index (κ3) is 6.12. The molecule has 0 heterocycles. The van der Waals surface area contributed by atoms with Gasteiger partial charge in [-0.1, -0.05) is 90.4 Å². The number of ether oxygens (including phenoxy) is 1. The highest BCUT2D eigenvalue weighted by Gasteiger charge is 2.49. The molecule has 0 aliphatic heterocycles. The van der Waals surface area contributed by atoms with Gasteiger partial charge >= 0.3 is 12.9 Å². The molecule has 0 aliphatic rings. The quantitative estimate of drug-likeness (QED) is 0.190. The minimum absolute atomic E-state index is 0.0878. The molecule has 0 radical (unpaired) electrons. The van der Waals surface area contributed by atoms with E-state index >= 15 is 0 Å². The zero-order valence-electron chi connectivity index (χ0n) is 20.2. The summed E-state index contributed by atoms with van der Waals surface area (Å²) < 4.78 is 48.6. The number of hydrogen-bond donors (Lipinski definition) is 1. The van der Waals surface area contributed by atoms with Crippen LogP contribution in [-0.4, -0.2) is 25.2 Å². The van der Waals surface area contributed by atoms with E-state index in [-0.39, 0.29) is 24.5 Å². The van der Waals surface area contributed by atoms with E-state index in [2.05, 4.69) is 0 Å². The molecule has 3 nitrogen and oxygen atoms in total. The van der Waals surface area contributed by atoms with E-state index in [1.165, 1.54) is 6.07 Å². The first-order valence-electron chi connectivity index (χ1n) is 12.1. The Kier molecular flexibility index (Phi) is 8.47. The molecule has 0 saturated heterocycles. The van der Waals surface area contributed by atoms with Gasteiger partial charge in [0, 0.05) is 6.42 Å². The van der Waals surface area contributed by atoms with Crippen LogP contribution in [0, 0.1) is 0 Å². The third-order valence-electron chi connectivity index (χ3n) is 6.40. The number of nitrogens with two attached hydrogens (primary N) is 1. The summed E-state index contributed by atoms with van der Waals surface area (Å²) in [6.07, 6.45) is 0.455. The Morgan fingerprint density at radius 1 is 0.757 bits per heavy atom. The lowest BCUT2D eigenvalue weighted by molar-refractivity contribution is -0.146. The molecule has 190 valence electrons. The van der Waals surface area contributed by atoms with Crippen LogP contribution in [0.5, 0.6) is 0 Å². The summed E-state index contributed by atoms with van der Waals surface area (Å²) in [4.78, 5) is 12.8. The number of rotatable bonds is 10. The van der Waals surface area contributed by atoms with E-state index < -0.39 is 31.7 Å². The van der Waals surface area contributed by atoms with Crippen LogP contribution in [0.25, 0.3) is 0 Å². The van der Waals surface area contributed by atoms with Gasteiger partial charge in [0.2, 0.25) is 0 Å². The summed E-state index contributed by atoms with van der Waals surface area (Å²) in [6.45, 7) is -5.19. The lowest BCUT2D eigenvalue weighted by atomic mass is 9.80. The van der Waals surface area contributed by atoms with E-state index in [1.54, 1.807) is 12.1 Å². The molecule has 0 bridgehead atoms. The number of hydrogen-bond acceptors (Lipinski definition) is 3. The fourth-order valence-electron chi connectivity index (χ4n) is 4.57. The second-order valence-electron chi connectivity index (χ2n) is 8.83. The van der Waals surface area contributed by atoms with Crippen LogP contribution in [0.15, 0.2) is 115 Å². The summed E-state index contributed by atoms with van der Waals surface area (Å²) in [5.74, 6) is -0.573. The maximum Gasteiger partial charge on any atom is 0.513 e. The predicted octanol–water partition coefficient (Wildman–Crippen LogP) is 4.50. The van der Waals surface area contributed by atoms with Crippen LogP contribution < -0.4 is 27.1 Å². The first-order chi connectivity index (χ1) is 17.8. The lowest BCUT2D eigenvalue weighted by Gasteiger charge is -2.32. The molecule has 0 spiro atoms. The normalized spacial score (nSPS) is 12.6. The fraction of sp³-hybridized carbons (Fsp3) is 0.138. The van der Waals surface area contributed by atoms with Gasteiger partial charge in [0.25, 0.3) is 0 Å². The van der Waals surface area contributed by atoms with Crippen LogP contribution >= 0.6 is 7.26 Å². The van der Waals surface area contributed by atoms with Gasteiger partial charge in [-0.25, -0.2) is 0 Å². The molecular formula is C29H28BF3NO2P. The molecule has 1 atom stereocenters. The number of carbonyl (C=O) groups is 1. The van der Waals surface area contributed by atoms with Crippen molar-refractivity contribution in [1.29, 1.82) is 0 Å². The van der Waals surface area contributed by atoms with Crippen LogP contribution in [0.4, 0.5) is 12.9 Å². The van der Waals surface area contributed by atoms with Gasteiger partial charge in [-0.2, -0.15) is 0 Å². The highest BCUT2D eigenvalue weighted by Crippen LogP contribution is 2.55. The van der Waals surface area contributed by atoms with E-state index in [9.17, 15) is 17.7 Å². The van der Waals surface area contributed by atoms with Crippen LogP contribution in [0.3, 0.4) is 0 Å². The second-order valence-corrected chi connectivity index (χ2v) is 12.4. The van der Waals surface area contributed by atoms with Gasteiger partial charge in [-0.05, 0) is 35.9 Å². The van der Waals surface area contributed by atoms with Gasteiger partial charge in [0.05, 0.1) is 11.5 Å². The molecule has 0 aliphatic carbocycles. The molecule has 4 aromatic carbocycles. The minimum atomic E-state index is -5.28. The summed E-state index contributed by atoms with van der Waals surface area (Å²) >= 11 is 0. The zero-order chi connectivity index (χ0) is 26.3. The molecule has 0 amide bonds. The Labute approximate surface area is 215 Å². The van der Waals surface area contributed by atoms with Crippen molar-refractivity contribution in [3.05, 3.63) is 121 Å². The smallest absolute Gasteiger partial charge is 0.460 e. The number of carbonyl (C=O) groups excluding carboxylic acids is 1. The molecule has 2 N–H and O–H groups in total. The standard InChI is InChI=1S/C29H28BF3NO2P/c31-30(32,33)26-18-10-11-19-28(26)37(24-14-6-2-7-15-24,25-16-8-3-9-17-25)21-20-27(34)29(35)36-22-23-12-4-1-5-13-23/h1-19,27H,20-22,34H2. The minimum Gasteiger partial charge on any atom is -0.460 e. The summed E-state index contributed by atoms with van der Waals surface area (Å²) in [6, 6.07) is 32.6. The average molecular weight is 521 g/mol. The molecule has 0 fully saturated rings. The molecular weight excluding hydrogens is 493 g/mol. The predicted molar refractivity (Wildman–Crippen MR) is 148 cm³/mol. The van der Waals surface area contributed by atoms with Crippen molar-refractivity contribution < 1.29 is 22.5 Å². The SMILES string of the molecule is NC(CC[P+](c1ccccc1)(c1ccccc1)c1ccccc1[B-](F)(F)F)C(=O)OCc1ccccc1. The van der Waals surface area contributed by atoms with Gasteiger partial charge < -0.3 is 23.4 Å². The van der Waals surface area contributed by atoms with Crippen molar-refractivity contribution in [1.82, 2.24) is 0 Å². The Balaban J connectivity index is 1.74. The summed E-state index contributed by atoms with van der Waals surface area (Å²) in [5.41, 5.74) is 6.50. The van der Waals surface area contributed by atoms with E-state index in [0.29, 0.717) is 0 Å². The van der Waals surface area contributed by atoms with E-state index in [0.717, 1.165) is 22.2 Å². The largest absolute Gasteiger partial charge is 0.513 e. The highest BCUT2D eigenvalue weighted by atomic mass is 31.2. The van der Waals surface area contributed by atoms with Crippen LogP contribution in [0.2, 0.25) is 0 Å². The van der Waals surface area contributed by atoms with Gasteiger partial charge in [-0.3, -0.25) is 4.79 Å². The maximum atomic E-state index is 14.4. The Morgan fingerprint density at radius 2 is 1.24 bits per heavy atom. The van der Waals surface area contributed by atoms with Crippen molar-refractivity contribution in [3.8, 4) is 0 Å². The molecule has 4 rings (SSSR count). The fourth-order valence-corrected chi connectivity index (χ4v) is 9.21. The van der Waals surface area contributed by atoms with Crippen LogP contribution in [0.1, 0.15) is 12.0 Å². The zero-order valence-corrected chi connectivity index (χ0v) is 21.1. The van der Waals surface area contributed by atoms with Crippen molar-refractivity contribution in [2.45, 2.75) is 19.1 Å². The Morgan fingerprint density at radius 3 is 1.78 bits per heavy atom. The number of esters is 1. The molecule has 8 heteroatoms. The van der Waals surface area contributed by atoms with Gasteiger partial charge in [0.15, 0.2) is 0 Å². The number of benzene rings is 4. The molecule has 4 aromatic rings. The second kappa shape index (κ2) is 11.8. The molecule has 1 unspecified atom stereocenters. The third-order valence-corrected chi connectivity index (χ3v) is 10.9. The summed E-state index contributed by atoms with van der Waals surface area (Å²) in [5, 5.41) is 1.86. The van der Waals surface area contributed by atoms with Crippen LogP contribution in [-0.2, 0) is 16.1 Å². The van der Waals surface area contributed by atoms with E-state index in [4.69, 9.17) is 10.5 Å².